The summed E-state index contributed by atoms with van der Waals surface area (Å²) in [6.07, 6.45) is 6.83. The van der Waals surface area contributed by atoms with E-state index in [4.69, 9.17) is 0 Å². The SMILES string of the molecule is CN(C)C(=O)c1cccc(NC(=O)C[C@H]2C=CCC2)c1. The average molecular weight is 272 g/mol. The van der Waals surface area contributed by atoms with Crippen molar-refractivity contribution in [3.05, 3.63) is 42.0 Å². The highest BCUT2D eigenvalue weighted by atomic mass is 16.2. The normalized spacial score (nSPS) is 17.0. The van der Waals surface area contributed by atoms with Gasteiger partial charge in [-0.3, -0.25) is 9.59 Å². The van der Waals surface area contributed by atoms with E-state index in [9.17, 15) is 9.59 Å². The minimum atomic E-state index is -0.0696. The van der Waals surface area contributed by atoms with Gasteiger partial charge in [-0.25, -0.2) is 0 Å². The Morgan fingerprint density at radius 2 is 2.15 bits per heavy atom. The van der Waals surface area contributed by atoms with Gasteiger partial charge >= 0.3 is 0 Å². The Morgan fingerprint density at radius 3 is 2.80 bits per heavy atom. The fraction of sp³-hybridized carbons (Fsp3) is 0.375. The summed E-state index contributed by atoms with van der Waals surface area (Å²) >= 11 is 0. The van der Waals surface area contributed by atoms with Crippen LogP contribution in [0.2, 0.25) is 0 Å². The molecule has 0 spiro atoms. The summed E-state index contributed by atoms with van der Waals surface area (Å²) in [6.45, 7) is 0. The first-order chi connectivity index (χ1) is 9.56. The largest absolute Gasteiger partial charge is 0.345 e. The first-order valence-electron chi connectivity index (χ1n) is 6.84. The minimum absolute atomic E-state index is 0.00370. The van der Waals surface area contributed by atoms with Gasteiger partial charge in [-0.2, -0.15) is 0 Å². The van der Waals surface area contributed by atoms with E-state index in [1.807, 2.05) is 0 Å². The molecule has 1 N–H and O–H groups in total. The van der Waals surface area contributed by atoms with Crippen molar-refractivity contribution in [1.29, 1.82) is 0 Å². The molecule has 0 saturated carbocycles. The van der Waals surface area contributed by atoms with Gasteiger partial charge in [0, 0.05) is 31.8 Å². The molecule has 0 aliphatic heterocycles. The van der Waals surface area contributed by atoms with Crippen molar-refractivity contribution in [2.24, 2.45) is 5.92 Å². The van der Waals surface area contributed by atoms with E-state index in [0.717, 1.165) is 12.8 Å². The van der Waals surface area contributed by atoms with Crippen molar-refractivity contribution in [2.75, 3.05) is 19.4 Å². The van der Waals surface area contributed by atoms with E-state index in [1.165, 1.54) is 4.90 Å². The predicted octanol–water partition coefficient (Wildman–Crippen LogP) is 2.68. The van der Waals surface area contributed by atoms with E-state index in [1.54, 1.807) is 38.4 Å². The topological polar surface area (TPSA) is 49.4 Å². The van der Waals surface area contributed by atoms with E-state index in [-0.39, 0.29) is 11.8 Å². The monoisotopic (exact) mass is 272 g/mol. The van der Waals surface area contributed by atoms with Crippen molar-refractivity contribution in [1.82, 2.24) is 4.90 Å². The van der Waals surface area contributed by atoms with Crippen LogP contribution in [0.3, 0.4) is 0 Å². The second kappa shape index (κ2) is 6.37. The number of nitrogens with zero attached hydrogens (tertiary/aromatic N) is 1. The van der Waals surface area contributed by atoms with Gasteiger partial charge in [-0.15, -0.1) is 0 Å². The molecule has 1 aliphatic rings. The summed E-state index contributed by atoms with van der Waals surface area (Å²) in [7, 11) is 3.42. The second-order valence-electron chi connectivity index (χ2n) is 5.30. The van der Waals surface area contributed by atoms with Crippen LogP contribution in [0.5, 0.6) is 0 Å². The Labute approximate surface area is 119 Å². The van der Waals surface area contributed by atoms with E-state index in [0.29, 0.717) is 23.6 Å². The molecule has 0 saturated heterocycles. The lowest BCUT2D eigenvalue weighted by Gasteiger charge is -2.12. The van der Waals surface area contributed by atoms with Crippen LogP contribution in [0.1, 0.15) is 29.6 Å². The molecule has 0 radical (unpaired) electrons. The number of hydrogen-bond acceptors (Lipinski definition) is 2. The van der Waals surface area contributed by atoms with E-state index in [2.05, 4.69) is 17.5 Å². The molecule has 0 bridgehead atoms. The predicted molar refractivity (Wildman–Crippen MR) is 79.6 cm³/mol. The maximum absolute atomic E-state index is 11.9. The third-order valence-corrected chi connectivity index (χ3v) is 3.36. The first kappa shape index (κ1) is 14.3. The third-order valence-electron chi connectivity index (χ3n) is 3.36. The van der Waals surface area contributed by atoms with Gasteiger partial charge in [-0.1, -0.05) is 18.2 Å². The van der Waals surface area contributed by atoms with Crippen LogP contribution in [-0.2, 0) is 4.79 Å². The molecule has 0 aromatic heterocycles. The maximum atomic E-state index is 11.9. The summed E-state index contributed by atoms with van der Waals surface area (Å²) in [6, 6.07) is 7.04. The maximum Gasteiger partial charge on any atom is 0.253 e. The van der Waals surface area contributed by atoms with Gasteiger partial charge in [0.15, 0.2) is 0 Å². The van der Waals surface area contributed by atoms with Gasteiger partial charge in [0.1, 0.15) is 0 Å². The zero-order valence-corrected chi connectivity index (χ0v) is 11.9. The fourth-order valence-corrected chi connectivity index (χ4v) is 2.30. The van der Waals surface area contributed by atoms with E-state index >= 15 is 0 Å². The van der Waals surface area contributed by atoms with Crippen LogP contribution in [-0.4, -0.2) is 30.8 Å². The molecule has 0 heterocycles. The number of rotatable bonds is 4. The second-order valence-corrected chi connectivity index (χ2v) is 5.30. The summed E-state index contributed by atoms with van der Waals surface area (Å²) in [5.74, 6) is 0.275. The Kier molecular flexibility index (Phi) is 4.56. The van der Waals surface area contributed by atoms with Crippen molar-refractivity contribution in [3.8, 4) is 0 Å². The quantitative estimate of drug-likeness (QED) is 0.857. The molecule has 106 valence electrons. The number of hydrogen-bond donors (Lipinski definition) is 1. The number of anilines is 1. The molecule has 4 heteroatoms. The summed E-state index contributed by atoms with van der Waals surface area (Å²) in [4.78, 5) is 25.3. The zero-order chi connectivity index (χ0) is 14.5. The Balaban J connectivity index is 1.98. The van der Waals surface area contributed by atoms with Crippen LogP contribution in [0.25, 0.3) is 0 Å². The van der Waals surface area contributed by atoms with Crippen molar-refractivity contribution in [3.63, 3.8) is 0 Å². The number of allylic oxidation sites excluding steroid dienone is 2. The summed E-state index contributed by atoms with van der Waals surface area (Å²) in [5.41, 5.74) is 1.25. The molecule has 2 amide bonds. The van der Waals surface area contributed by atoms with Crippen LogP contribution >= 0.6 is 0 Å². The highest BCUT2D eigenvalue weighted by Crippen LogP contribution is 2.21. The van der Waals surface area contributed by atoms with Crippen LogP contribution in [0.4, 0.5) is 5.69 Å². The number of nitrogens with one attached hydrogen (secondary N) is 1. The number of benzene rings is 1. The fourth-order valence-electron chi connectivity index (χ4n) is 2.30. The summed E-state index contributed by atoms with van der Waals surface area (Å²) < 4.78 is 0. The minimum Gasteiger partial charge on any atom is -0.345 e. The van der Waals surface area contributed by atoms with Gasteiger partial charge in [0.2, 0.25) is 5.91 Å². The first-order valence-corrected chi connectivity index (χ1v) is 6.84. The zero-order valence-electron chi connectivity index (χ0n) is 11.9. The van der Waals surface area contributed by atoms with E-state index < -0.39 is 0 Å². The van der Waals surface area contributed by atoms with Crippen molar-refractivity contribution < 1.29 is 9.59 Å². The number of amides is 2. The number of carbonyl (C=O) groups excluding carboxylic acids is 2. The molecular formula is C16H20N2O2. The van der Waals surface area contributed by atoms with Gasteiger partial charge < -0.3 is 10.2 Å². The number of carbonyl (C=O) groups is 2. The molecule has 2 rings (SSSR count). The molecule has 1 atom stereocenters. The van der Waals surface area contributed by atoms with Gasteiger partial charge in [0.05, 0.1) is 0 Å². The molecule has 20 heavy (non-hydrogen) atoms. The average Bonchev–Trinajstić information content (AvgIpc) is 2.90. The van der Waals surface area contributed by atoms with Crippen LogP contribution < -0.4 is 5.32 Å². The lowest BCUT2D eigenvalue weighted by molar-refractivity contribution is -0.116. The molecule has 1 aromatic rings. The molecule has 1 aromatic carbocycles. The Hall–Kier alpha value is -2.10. The molecule has 0 fully saturated rings. The lowest BCUT2D eigenvalue weighted by Crippen LogP contribution is -2.22. The lowest BCUT2D eigenvalue weighted by atomic mass is 10.0. The van der Waals surface area contributed by atoms with Crippen LogP contribution in [0.15, 0.2) is 36.4 Å². The molecular weight excluding hydrogens is 252 g/mol. The summed E-state index contributed by atoms with van der Waals surface area (Å²) in [5, 5.41) is 2.86. The smallest absolute Gasteiger partial charge is 0.253 e. The molecule has 4 nitrogen and oxygen atoms in total. The van der Waals surface area contributed by atoms with Crippen molar-refractivity contribution >= 4 is 17.5 Å². The molecule has 1 aliphatic carbocycles. The van der Waals surface area contributed by atoms with Gasteiger partial charge in [0.25, 0.3) is 5.91 Å². The van der Waals surface area contributed by atoms with Crippen molar-refractivity contribution in [2.45, 2.75) is 19.3 Å². The molecule has 0 unspecified atom stereocenters. The Bertz CT molecular complexity index is 535. The van der Waals surface area contributed by atoms with Crippen LogP contribution in [0, 0.1) is 5.92 Å². The Morgan fingerprint density at radius 1 is 1.35 bits per heavy atom. The highest BCUT2D eigenvalue weighted by Gasteiger charge is 2.14. The highest BCUT2D eigenvalue weighted by molar-refractivity contribution is 5.97. The third kappa shape index (κ3) is 3.70. The standard InChI is InChI=1S/C16H20N2O2/c1-18(2)16(20)13-8-5-9-14(11-13)17-15(19)10-12-6-3-4-7-12/h3,5-6,8-9,11-12H,4,7,10H2,1-2H3,(H,17,19)/t12-/m0/s1. The van der Waals surface area contributed by atoms with Gasteiger partial charge in [-0.05, 0) is 37.0 Å².